The third-order valence-electron chi connectivity index (χ3n) is 3.49. The van der Waals surface area contributed by atoms with Gasteiger partial charge in [0, 0.05) is 24.0 Å². The lowest BCUT2D eigenvalue weighted by atomic mass is 10.1. The third-order valence-corrected chi connectivity index (χ3v) is 3.77. The van der Waals surface area contributed by atoms with E-state index in [0.717, 1.165) is 19.5 Å². The van der Waals surface area contributed by atoms with Crippen LogP contribution in [0.4, 0.5) is 4.39 Å². The number of thiol groups is 1. The maximum atomic E-state index is 13.8. The second kappa shape index (κ2) is 5.92. The van der Waals surface area contributed by atoms with Crippen LogP contribution < -0.4 is 0 Å². The Morgan fingerprint density at radius 3 is 2.89 bits per heavy atom. The summed E-state index contributed by atoms with van der Waals surface area (Å²) in [7, 11) is 2.04. The average Bonchev–Trinajstić information content (AvgIpc) is 2.52. The topological polar surface area (TPSA) is 23.6 Å². The molecule has 1 saturated heterocycles. The molecule has 1 aromatic rings. The molecule has 0 N–H and O–H groups in total. The minimum atomic E-state index is -0.479. The van der Waals surface area contributed by atoms with E-state index in [1.165, 1.54) is 12.1 Å². The van der Waals surface area contributed by atoms with Crippen molar-refractivity contribution in [2.24, 2.45) is 0 Å². The molecule has 1 heterocycles. The summed E-state index contributed by atoms with van der Waals surface area (Å²) in [5.41, 5.74) is 0.115. The standard InChI is InChI=1S/C14H19FN2OS/c1-10-9-16(2)6-3-7-17(10)14(18)12-8-11(19)4-5-13(12)15/h4-5,8,10,19H,3,6-7,9H2,1-2H3. The van der Waals surface area contributed by atoms with Crippen LogP contribution >= 0.6 is 12.6 Å². The molecule has 3 nitrogen and oxygen atoms in total. The Kier molecular flexibility index (Phi) is 4.47. The van der Waals surface area contributed by atoms with Crippen molar-refractivity contribution in [2.75, 3.05) is 26.7 Å². The number of amides is 1. The molecule has 0 spiro atoms. The fourth-order valence-corrected chi connectivity index (χ4v) is 2.71. The molecule has 1 aliphatic heterocycles. The van der Waals surface area contributed by atoms with Crippen molar-refractivity contribution < 1.29 is 9.18 Å². The van der Waals surface area contributed by atoms with Crippen molar-refractivity contribution in [3.8, 4) is 0 Å². The molecule has 2 rings (SSSR count). The molecule has 0 saturated carbocycles. The molecular formula is C14H19FN2OS. The molecule has 0 bridgehead atoms. The zero-order valence-electron chi connectivity index (χ0n) is 11.3. The van der Waals surface area contributed by atoms with Gasteiger partial charge in [0.2, 0.25) is 0 Å². The van der Waals surface area contributed by atoms with Crippen LogP contribution in [-0.4, -0.2) is 48.4 Å². The van der Waals surface area contributed by atoms with Gasteiger partial charge in [-0.05, 0) is 45.1 Å². The van der Waals surface area contributed by atoms with E-state index in [0.29, 0.717) is 11.4 Å². The summed E-state index contributed by atoms with van der Waals surface area (Å²) in [5.74, 6) is -0.719. The molecule has 5 heteroatoms. The largest absolute Gasteiger partial charge is 0.335 e. The lowest BCUT2D eigenvalue weighted by molar-refractivity contribution is 0.0691. The lowest BCUT2D eigenvalue weighted by Crippen LogP contribution is -2.42. The summed E-state index contributed by atoms with van der Waals surface area (Å²) in [6.07, 6.45) is 0.911. The Morgan fingerprint density at radius 2 is 2.16 bits per heavy atom. The van der Waals surface area contributed by atoms with Gasteiger partial charge in [0.15, 0.2) is 0 Å². The van der Waals surface area contributed by atoms with E-state index in [9.17, 15) is 9.18 Å². The molecule has 104 valence electrons. The molecular weight excluding hydrogens is 263 g/mol. The number of nitrogens with zero attached hydrogens (tertiary/aromatic N) is 2. The van der Waals surface area contributed by atoms with Crippen molar-refractivity contribution in [1.82, 2.24) is 9.80 Å². The molecule has 1 aliphatic rings. The highest BCUT2D eigenvalue weighted by Crippen LogP contribution is 2.18. The van der Waals surface area contributed by atoms with Gasteiger partial charge in [0.05, 0.1) is 5.56 Å². The zero-order chi connectivity index (χ0) is 14.0. The molecule has 0 radical (unpaired) electrons. The summed E-state index contributed by atoms with van der Waals surface area (Å²) in [5, 5.41) is 0. The minimum Gasteiger partial charge on any atom is -0.335 e. The zero-order valence-corrected chi connectivity index (χ0v) is 12.2. The van der Waals surface area contributed by atoms with Gasteiger partial charge in [-0.15, -0.1) is 12.6 Å². The Labute approximate surface area is 118 Å². The number of hydrogen-bond donors (Lipinski definition) is 1. The Bertz CT molecular complexity index is 481. The molecule has 1 fully saturated rings. The maximum absolute atomic E-state index is 13.8. The van der Waals surface area contributed by atoms with Crippen LogP contribution in [0.3, 0.4) is 0 Å². The van der Waals surface area contributed by atoms with Gasteiger partial charge in [-0.2, -0.15) is 0 Å². The maximum Gasteiger partial charge on any atom is 0.257 e. The molecule has 1 unspecified atom stereocenters. The first-order valence-corrected chi connectivity index (χ1v) is 6.92. The van der Waals surface area contributed by atoms with E-state index < -0.39 is 5.82 Å². The smallest absolute Gasteiger partial charge is 0.257 e. The van der Waals surface area contributed by atoms with Crippen molar-refractivity contribution in [3.63, 3.8) is 0 Å². The second-order valence-electron chi connectivity index (χ2n) is 5.13. The number of halogens is 1. The Balaban J connectivity index is 2.25. The van der Waals surface area contributed by atoms with Crippen molar-refractivity contribution in [1.29, 1.82) is 0 Å². The molecule has 1 amide bonds. The van der Waals surface area contributed by atoms with Crippen LogP contribution in [0.1, 0.15) is 23.7 Å². The van der Waals surface area contributed by atoms with Crippen LogP contribution in [0.5, 0.6) is 0 Å². The number of benzene rings is 1. The van der Waals surface area contributed by atoms with E-state index in [1.54, 1.807) is 11.0 Å². The predicted molar refractivity (Wildman–Crippen MR) is 76.3 cm³/mol. The Morgan fingerprint density at radius 1 is 1.42 bits per heavy atom. The fourth-order valence-electron chi connectivity index (χ4n) is 2.51. The monoisotopic (exact) mass is 282 g/mol. The highest BCUT2D eigenvalue weighted by molar-refractivity contribution is 7.80. The SMILES string of the molecule is CC1CN(C)CCCN1C(=O)c1cc(S)ccc1F. The van der Waals surface area contributed by atoms with Crippen LogP contribution in [0.25, 0.3) is 0 Å². The first kappa shape index (κ1) is 14.3. The van der Waals surface area contributed by atoms with Crippen molar-refractivity contribution >= 4 is 18.5 Å². The van der Waals surface area contributed by atoms with Crippen LogP contribution in [0.2, 0.25) is 0 Å². The number of carbonyl (C=O) groups excluding carboxylic acids is 1. The van der Waals surface area contributed by atoms with Crippen LogP contribution in [0.15, 0.2) is 23.1 Å². The van der Waals surface area contributed by atoms with E-state index >= 15 is 0 Å². The van der Waals surface area contributed by atoms with E-state index in [2.05, 4.69) is 17.5 Å². The van der Waals surface area contributed by atoms with Crippen LogP contribution in [-0.2, 0) is 0 Å². The first-order chi connectivity index (χ1) is 8.99. The number of carbonyl (C=O) groups is 1. The van der Waals surface area contributed by atoms with Crippen LogP contribution in [0, 0.1) is 5.82 Å². The number of hydrogen-bond acceptors (Lipinski definition) is 3. The molecule has 19 heavy (non-hydrogen) atoms. The summed E-state index contributed by atoms with van der Waals surface area (Å²) >= 11 is 4.17. The van der Waals surface area contributed by atoms with Crippen molar-refractivity contribution in [2.45, 2.75) is 24.3 Å². The number of rotatable bonds is 1. The van der Waals surface area contributed by atoms with Gasteiger partial charge >= 0.3 is 0 Å². The summed E-state index contributed by atoms with van der Waals surface area (Å²) in [4.78, 5) is 17.0. The normalized spacial score (nSPS) is 21.3. The van der Waals surface area contributed by atoms with Gasteiger partial charge in [-0.3, -0.25) is 4.79 Å². The average molecular weight is 282 g/mol. The molecule has 1 atom stereocenters. The second-order valence-corrected chi connectivity index (χ2v) is 5.64. The van der Waals surface area contributed by atoms with Gasteiger partial charge in [0.1, 0.15) is 5.82 Å². The summed E-state index contributed by atoms with van der Waals surface area (Å²) in [6.45, 7) is 4.44. The quantitative estimate of drug-likeness (QED) is 0.799. The van der Waals surface area contributed by atoms with E-state index in [1.807, 2.05) is 14.0 Å². The Hall–Kier alpha value is -1.07. The molecule has 1 aromatic carbocycles. The van der Waals surface area contributed by atoms with Gasteiger partial charge in [0.25, 0.3) is 5.91 Å². The third kappa shape index (κ3) is 3.28. The fraction of sp³-hybridized carbons (Fsp3) is 0.500. The van der Waals surface area contributed by atoms with Gasteiger partial charge in [-0.1, -0.05) is 0 Å². The number of likely N-dealkylation sites (N-methyl/N-ethyl adjacent to an activating group) is 1. The predicted octanol–water partition coefficient (Wildman–Crippen LogP) is 2.28. The first-order valence-electron chi connectivity index (χ1n) is 6.47. The molecule has 0 aliphatic carbocycles. The highest BCUT2D eigenvalue weighted by atomic mass is 32.1. The highest BCUT2D eigenvalue weighted by Gasteiger charge is 2.26. The van der Waals surface area contributed by atoms with Gasteiger partial charge < -0.3 is 9.80 Å². The molecule has 0 aromatic heterocycles. The minimum absolute atomic E-state index is 0.0861. The lowest BCUT2D eigenvalue weighted by Gasteiger charge is -2.28. The van der Waals surface area contributed by atoms with Gasteiger partial charge in [-0.25, -0.2) is 4.39 Å². The summed E-state index contributed by atoms with van der Waals surface area (Å²) < 4.78 is 13.8. The van der Waals surface area contributed by atoms with Crippen molar-refractivity contribution in [3.05, 3.63) is 29.6 Å². The van der Waals surface area contributed by atoms with E-state index in [-0.39, 0.29) is 17.5 Å². The summed E-state index contributed by atoms with van der Waals surface area (Å²) in [6, 6.07) is 4.43. The van der Waals surface area contributed by atoms with E-state index in [4.69, 9.17) is 0 Å².